The Bertz CT molecular complexity index is 2760. The van der Waals surface area contributed by atoms with Crippen LogP contribution in [0.3, 0.4) is 0 Å². The largest absolute Gasteiger partial charge is 0.367 e. The maximum atomic E-state index is 14.4. The molecule has 3 amide bonds. The number of carbonyl (C=O) groups excluding carboxylic acids is 3. The van der Waals surface area contributed by atoms with Gasteiger partial charge in [0.05, 0.1) is 40.7 Å². The number of nitrogens with two attached hydrogens (primary N) is 1. The summed E-state index contributed by atoms with van der Waals surface area (Å²) in [4.78, 5) is 61.5. The number of aryl methyl sites for hydroxylation is 1. The van der Waals surface area contributed by atoms with E-state index in [0.29, 0.717) is 40.7 Å². The molecule has 1 atom stereocenters. The number of fused-ring (bicyclic) bond motifs is 2. The van der Waals surface area contributed by atoms with Crippen molar-refractivity contribution in [2.75, 3.05) is 50.7 Å². The molecular formula is C43H50F2N14O4. The molecule has 1 saturated carbocycles. The third-order valence-electron chi connectivity index (χ3n) is 13.8. The number of amides is 3. The van der Waals surface area contributed by atoms with E-state index in [0.717, 1.165) is 95.5 Å². The number of hydrogen-bond donors (Lipinski definition) is 2. The van der Waals surface area contributed by atoms with Crippen molar-refractivity contribution < 1.29 is 23.2 Å². The molecule has 8 heterocycles. The van der Waals surface area contributed by atoms with Gasteiger partial charge in [-0.05, 0) is 88.2 Å². The molecule has 18 nitrogen and oxygen atoms in total. The number of benzene rings is 1. The van der Waals surface area contributed by atoms with Crippen LogP contribution in [0.5, 0.6) is 0 Å². The van der Waals surface area contributed by atoms with Gasteiger partial charge in [0, 0.05) is 70.0 Å². The van der Waals surface area contributed by atoms with Crippen molar-refractivity contribution >= 4 is 45.5 Å². The van der Waals surface area contributed by atoms with Gasteiger partial charge in [-0.25, -0.2) is 23.2 Å². The number of anilines is 1. The van der Waals surface area contributed by atoms with E-state index in [-0.39, 0.29) is 41.0 Å². The summed E-state index contributed by atoms with van der Waals surface area (Å²) in [6.07, 6.45) is 9.98. The first-order chi connectivity index (χ1) is 30.5. The number of para-hydroxylation sites is 1. The van der Waals surface area contributed by atoms with Crippen LogP contribution in [0.25, 0.3) is 33.6 Å². The van der Waals surface area contributed by atoms with E-state index in [1.54, 1.807) is 56.2 Å². The number of nitrogens with zero attached hydrogens (tertiary/aromatic N) is 12. The van der Waals surface area contributed by atoms with E-state index in [2.05, 4.69) is 46.5 Å². The molecule has 1 aromatic carbocycles. The highest BCUT2D eigenvalue weighted by Gasteiger charge is 2.34. The number of rotatable bonds is 10. The first-order valence-corrected chi connectivity index (χ1v) is 21.8. The van der Waals surface area contributed by atoms with Crippen LogP contribution in [-0.2, 0) is 16.6 Å². The van der Waals surface area contributed by atoms with Crippen LogP contribution in [0.4, 0.5) is 14.5 Å². The number of imide groups is 1. The molecule has 0 bridgehead atoms. The first-order valence-electron chi connectivity index (χ1n) is 21.8. The molecule has 0 radical (unpaired) electrons. The average molecular weight is 865 g/mol. The fourth-order valence-electron chi connectivity index (χ4n) is 10.4. The highest BCUT2D eigenvalue weighted by atomic mass is 19.3. The number of aromatic nitrogens is 9. The number of hydrogen-bond acceptors (Lipinski definition) is 11. The fourth-order valence-corrected chi connectivity index (χ4v) is 10.4. The number of likely N-dealkylation sites (tertiary alicyclic amines) is 1. The predicted octanol–water partition coefficient (Wildman–Crippen LogP) is 3.49. The Morgan fingerprint density at radius 3 is 2.43 bits per heavy atom. The van der Waals surface area contributed by atoms with Gasteiger partial charge in [-0.15, -0.1) is 5.10 Å². The van der Waals surface area contributed by atoms with Crippen LogP contribution >= 0.6 is 0 Å². The molecular weight excluding hydrogens is 815 g/mol. The van der Waals surface area contributed by atoms with Crippen LogP contribution in [0.15, 0.2) is 59.9 Å². The summed E-state index contributed by atoms with van der Waals surface area (Å²) in [5, 5.41) is 15.9. The van der Waals surface area contributed by atoms with Gasteiger partial charge in [-0.2, -0.15) is 5.10 Å². The lowest BCUT2D eigenvalue weighted by molar-refractivity contribution is -0.135. The van der Waals surface area contributed by atoms with Gasteiger partial charge >= 0.3 is 5.69 Å². The summed E-state index contributed by atoms with van der Waals surface area (Å²) in [6.45, 7) is 6.65. The molecule has 1 aliphatic carbocycles. The van der Waals surface area contributed by atoms with Crippen molar-refractivity contribution in [2.24, 2.45) is 18.7 Å². The number of alkyl halides is 2. The molecule has 10 rings (SSSR count). The maximum Gasteiger partial charge on any atom is 0.329 e. The van der Waals surface area contributed by atoms with Gasteiger partial charge in [0.25, 0.3) is 6.43 Å². The number of halogens is 2. The van der Waals surface area contributed by atoms with Crippen LogP contribution in [0.2, 0.25) is 0 Å². The Labute approximate surface area is 360 Å². The smallest absolute Gasteiger partial charge is 0.329 e. The SMILES string of the molecule is Cn1c(=O)n(C2CCC(=O)NC2=O)c2cccc(N3CCN(C4CCN(CC5CCC(n6cc(-n7cc(-n8ccc9cc(C(N)=O)cnc98)nn7)c(C(F)F)n6)CC5)CC4)CC3)c21. The van der Waals surface area contributed by atoms with Crippen molar-refractivity contribution in [1.29, 1.82) is 0 Å². The molecule has 4 aliphatic rings. The van der Waals surface area contributed by atoms with Crippen molar-refractivity contribution in [1.82, 2.24) is 58.6 Å². The van der Waals surface area contributed by atoms with E-state index in [9.17, 15) is 28.0 Å². The number of pyridine rings is 1. The minimum Gasteiger partial charge on any atom is -0.367 e. The number of nitrogens with one attached hydrogen (secondary N) is 1. The third-order valence-corrected chi connectivity index (χ3v) is 13.8. The summed E-state index contributed by atoms with van der Waals surface area (Å²) >= 11 is 0. The molecule has 1 unspecified atom stereocenters. The number of carbonyl (C=O) groups is 3. The molecule has 3 aliphatic heterocycles. The molecule has 20 heteroatoms. The molecule has 6 aromatic rings. The lowest BCUT2D eigenvalue weighted by Gasteiger charge is -2.44. The Morgan fingerprint density at radius 1 is 0.921 bits per heavy atom. The topological polar surface area (TPSA) is 192 Å². The Hall–Kier alpha value is -6.28. The maximum absolute atomic E-state index is 14.4. The summed E-state index contributed by atoms with van der Waals surface area (Å²) in [7, 11) is 1.75. The summed E-state index contributed by atoms with van der Waals surface area (Å²) in [5.74, 6) is -0.402. The number of piperazine rings is 1. The number of imidazole rings is 1. The molecule has 330 valence electrons. The van der Waals surface area contributed by atoms with Crippen molar-refractivity contribution in [3.8, 4) is 11.5 Å². The van der Waals surface area contributed by atoms with Gasteiger partial charge in [0.2, 0.25) is 17.7 Å². The third kappa shape index (κ3) is 7.57. The zero-order valence-electron chi connectivity index (χ0n) is 35.0. The normalized spacial score (nSPS) is 22.2. The van der Waals surface area contributed by atoms with Gasteiger partial charge in [0.15, 0.2) is 11.5 Å². The highest BCUT2D eigenvalue weighted by molar-refractivity contribution is 6.00. The molecule has 5 aromatic heterocycles. The quantitative estimate of drug-likeness (QED) is 0.192. The van der Waals surface area contributed by atoms with E-state index >= 15 is 0 Å². The summed E-state index contributed by atoms with van der Waals surface area (Å²) in [6, 6.07) is 9.10. The lowest BCUT2D eigenvalue weighted by atomic mass is 9.85. The molecule has 63 heavy (non-hydrogen) atoms. The fraction of sp³-hybridized carbons (Fsp3) is 0.488. The second kappa shape index (κ2) is 16.4. The minimum absolute atomic E-state index is 0.0130. The van der Waals surface area contributed by atoms with Gasteiger partial charge < -0.3 is 15.5 Å². The monoisotopic (exact) mass is 864 g/mol. The second-order valence-electron chi connectivity index (χ2n) is 17.4. The van der Waals surface area contributed by atoms with Crippen LogP contribution in [0.1, 0.15) is 85.9 Å². The summed E-state index contributed by atoms with van der Waals surface area (Å²) < 4.78 is 36.6. The molecule has 3 N–H and O–H groups in total. The van der Waals surface area contributed by atoms with Crippen molar-refractivity contribution in [2.45, 2.75) is 75.9 Å². The Balaban J connectivity index is 0.718. The standard InChI is InChI=1S/C43H50F2N14O4/c1-52-38-31(3-2-4-32(38)59(43(52)63)33-9-10-36(60)48-42(33)62)55-19-17-54(18-20-55)29-12-14-53(15-13-29)23-26-5-7-30(8-6-26)57-24-34(37(50-57)39(44)45)58-25-35(49-51-58)56-16-11-27-21-28(40(46)61)22-47-41(27)56/h2-4,11,16,21-22,24-26,29-30,33,39H,5-10,12-15,17-20,23H2,1H3,(H2,46,61)(H,48,60,62). The average Bonchev–Trinajstić information content (AvgIpc) is 4.10. The minimum atomic E-state index is -2.79. The second-order valence-corrected chi connectivity index (χ2v) is 17.4. The van der Waals surface area contributed by atoms with Gasteiger partial charge in [-0.1, -0.05) is 11.3 Å². The van der Waals surface area contributed by atoms with Gasteiger partial charge in [-0.3, -0.25) is 43.0 Å². The lowest BCUT2D eigenvalue weighted by Crippen LogP contribution is -2.53. The van der Waals surface area contributed by atoms with Crippen molar-refractivity contribution in [3.63, 3.8) is 0 Å². The molecule has 3 saturated heterocycles. The van der Waals surface area contributed by atoms with Crippen molar-refractivity contribution in [3.05, 3.63) is 76.9 Å². The van der Waals surface area contributed by atoms with E-state index in [4.69, 9.17) is 5.73 Å². The summed E-state index contributed by atoms with van der Waals surface area (Å²) in [5.41, 5.74) is 8.29. The number of piperidine rings is 2. The zero-order chi connectivity index (χ0) is 43.5. The van der Waals surface area contributed by atoms with Crippen LogP contribution in [-0.4, -0.2) is 123 Å². The van der Waals surface area contributed by atoms with E-state index in [1.807, 2.05) is 12.1 Å². The zero-order valence-corrected chi connectivity index (χ0v) is 35.0. The molecule has 0 spiro atoms. The van der Waals surface area contributed by atoms with E-state index < -0.39 is 24.3 Å². The van der Waals surface area contributed by atoms with Crippen LogP contribution < -0.4 is 21.6 Å². The Morgan fingerprint density at radius 2 is 1.70 bits per heavy atom. The highest BCUT2D eigenvalue weighted by Crippen LogP contribution is 2.36. The Kier molecular flexibility index (Phi) is 10.6. The molecule has 4 fully saturated rings. The van der Waals surface area contributed by atoms with E-state index in [1.165, 1.54) is 10.9 Å². The first kappa shape index (κ1) is 40.8. The van der Waals surface area contributed by atoms with Gasteiger partial charge in [0.1, 0.15) is 17.4 Å². The predicted molar refractivity (Wildman–Crippen MR) is 228 cm³/mol. The van der Waals surface area contributed by atoms with Crippen LogP contribution in [0, 0.1) is 5.92 Å². The number of primary amides is 1.